The van der Waals surface area contributed by atoms with E-state index in [1.165, 1.54) is 92.4 Å². The van der Waals surface area contributed by atoms with Gasteiger partial charge < -0.3 is 9.64 Å². The molecule has 246 valence electrons. The minimum Gasteiger partial charge on any atom is -0.464 e. The van der Waals surface area contributed by atoms with E-state index in [4.69, 9.17) is 4.74 Å². The number of carbonyl (C=O) groups excluding carboxylic acids is 1. The Kier molecular flexibility index (Phi) is 15.3. The molecule has 46 heavy (non-hydrogen) atoms. The number of fused-ring (bicyclic) bond motifs is 1. The lowest BCUT2D eigenvalue weighted by Crippen LogP contribution is -2.27. The van der Waals surface area contributed by atoms with Crippen molar-refractivity contribution >= 4 is 65.4 Å². The van der Waals surface area contributed by atoms with Gasteiger partial charge >= 0.3 is 5.97 Å². The van der Waals surface area contributed by atoms with Crippen LogP contribution in [0.4, 0.5) is 27.2 Å². The molecule has 0 aliphatic carbocycles. The van der Waals surface area contributed by atoms with Crippen LogP contribution in [-0.4, -0.2) is 30.6 Å². The number of azo groups is 2. The van der Waals surface area contributed by atoms with Gasteiger partial charge in [0, 0.05) is 18.7 Å². The summed E-state index contributed by atoms with van der Waals surface area (Å²) in [5, 5.41) is 19.1. The number of benzene rings is 2. The fourth-order valence-corrected chi connectivity index (χ4v) is 6.98. The van der Waals surface area contributed by atoms with Gasteiger partial charge in [-0.15, -0.1) is 20.5 Å². The van der Waals surface area contributed by atoms with Gasteiger partial charge in [0.15, 0.2) is 0 Å². The lowest BCUT2D eigenvalue weighted by molar-refractivity contribution is -0.142. The highest BCUT2D eigenvalue weighted by Crippen LogP contribution is 2.39. The second-order valence-electron chi connectivity index (χ2n) is 11.4. The molecule has 0 radical (unpaired) electrons. The van der Waals surface area contributed by atoms with E-state index in [0.717, 1.165) is 44.6 Å². The number of aromatic nitrogens is 1. The number of hydrogen-bond acceptors (Lipinski definition) is 10. The second kappa shape index (κ2) is 19.9. The van der Waals surface area contributed by atoms with Crippen LogP contribution in [0.3, 0.4) is 0 Å². The minimum absolute atomic E-state index is 0.176. The minimum atomic E-state index is -0.176. The van der Waals surface area contributed by atoms with Crippen molar-refractivity contribution in [2.45, 2.75) is 97.8 Å². The Morgan fingerprint density at radius 1 is 0.761 bits per heavy atom. The molecular formula is C36H48N6O2S2. The summed E-state index contributed by atoms with van der Waals surface area (Å²) in [5.41, 5.74) is 4.02. The monoisotopic (exact) mass is 660 g/mol. The van der Waals surface area contributed by atoms with Crippen molar-refractivity contribution in [1.29, 1.82) is 0 Å². The number of ether oxygens (including phenoxy) is 1. The molecule has 4 rings (SSSR count). The van der Waals surface area contributed by atoms with E-state index in [0.29, 0.717) is 24.7 Å². The summed E-state index contributed by atoms with van der Waals surface area (Å²) in [4.78, 5) is 19.1. The van der Waals surface area contributed by atoms with E-state index in [9.17, 15) is 4.79 Å². The van der Waals surface area contributed by atoms with Crippen LogP contribution in [0.5, 0.6) is 0 Å². The zero-order valence-electron chi connectivity index (χ0n) is 27.6. The number of aryl methyl sites for hydroxylation is 1. The Morgan fingerprint density at radius 2 is 1.39 bits per heavy atom. The molecule has 2 aromatic carbocycles. The van der Waals surface area contributed by atoms with Crippen LogP contribution >= 0.6 is 22.7 Å². The molecule has 0 N–H and O–H groups in total. The Labute approximate surface area is 282 Å². The summed E-state index contributed by atoms with van der Waals surface area (Å²) in [6.45, 7) is 7.98. The first-order valence-electron chi connectivity index (χ1n) is 16.9. The van der Waals surface area contributed by atoms with Crippen LogP contribution in [0, 0.1) is 0 Å². The highest BCUT2D eigenvalue weighted by atomic mass is 32.1. The van der Waals surface area contributed by atoms with E-state index >= 15 is 0 Å². The Hall–Kier alpha value is -3.50. The number of hydrogen-bond donors (Lipinski definition) is 0. The highest BCUT2D eigenvalue weighted by molar-refractivity contribution is 7.30. The van der Waals surface area contributed by atoms with Gasteiger partial charge in [0.05, 0.1) is 22.6 Å². The first-order chi connectivity index (χ1) is 22.6. The third kappa shape index (κ3) is 12.0. The fraction of sp³-hybridized carbons (Fsp3) is 0.500. The molecule has 0 bridgehead atoms. The number of unbranched alkanes of at least 4 members (excludes halogenated alkanes) is 9. The molecule has 0 fully saturated rings. The molecule has 0 atom stereocenters. The van der Waals surface area contributed by atoms with Gasteiger partial charge in [-0.3, -0.25) is 4.79 Å². The van der Waals surface area contributed by atoms with Crippen molar-refractivity contribution in [1.82, 2.24) is 4.98 Å². The topological polar surface area (TPSA) is 91.9 Å². The maximum Gasteiger partial charge on any atom is 0.305 e. The van der Waals surface area contributed by atoms with Crippen LogP contribution in [0.2, 0.25) is 0 Å². The first-order valence-corrected chi connectivity index (χ1v) is 18.5. The summed E-state index contributed by atoms with van der Waals surface area (Å²) >= 11 is 2.99. The average Bonchev–Trinajstić information content (AvgIpc) is 3.65. The van der Waals surface area contributed by atoms with Crippen LogP contribution in [0.25, 0.3) is 9.53 Å². The molecule has 10 heteroatoms. The van der Waals surface area contributed by atoms with E-state index in [2.05, 4.69) is 68.5 Å². The number of rotatable bonds is 21. The number of thiophene rings is 1. The van der Waals surface area contributed by atoms with Crippen LogP contribution < -0.4 is 4.90 Å². The van der Waals surface area contributed by atoms with Crippen molar-refractivity contribution in [2.24, 2.45) is 20.5 Å². The summed E-state index contributed by atoms with van der Waals surface area (Å²) in [5.74, 6) is -0.176. The number of nitrogens with zero attached hydrogens (tertiary/aromatic N) is 6. The number of esters is 1. The van der Waals surface area contributed by atoms with Gasteiger partial charge in [0.25, 0.3) is 0 Å². The lowest BCUT2D eigenvalue weighted by Gasteiger charge is -2.22. The standard InChI is InChI=1S/C36H48N6O2S2/c1-4-7-8-9-10-11-12-13-14-15-16-28-17-19-29(20-18-28)38-40-33-27-32-35(46-33)37-36(45-32)41-39-30-21-23-31(24-22-30)42(6-3)25-26-44-34(43)5-2/h17-24,27H,4-16,25-26H2,1-3H3. The average molecular weight is 661 g/mol. The lowest BCUT2D eigenvalue weighted by atomic mass is 10.0. The molecule has 4 aromatic rings. The van der Waals surface area contributed by atoms with Gasteiger partial charge in [-0.1, -0.05) is 106 Å². The third-order valence-corrected chi connectivity index (χ3v) is 9.77. The molecule has 0 amide bonds. The summed E-state index contributed by atoms with van der Waals surface area (Å²) < 4.78 is 6.24. The molecule has 0 spiro atoms. The molecule has 0 saturated carbocycles. The molecule has 0 saturated heterocycles. The predicted molar refractivity (Wildman–Crippen MR) is 193 cm³/mol. The summed E-state index contributed by atoms with van der Waals surface area (Å²) in [6, 6.07) is 18.3. The van der Waals surface area contributed by atoms with Crippen molar-refractivity contribution < 1.29 is 9.53 Å². The predicted octanol–water partition coefficient (Wildman–Crippen LogP) is 12.4. The van der Waals surface area contributed by atoms with Crippen molar-refractivity contribution in [3.63, 3.8) is 0 Å². The van der Waals surface area contributed by atoms with Crippen molar-refractivity contribution in [3.05, 3.63) is 60.2 Å². The number of anilines is 1. The normalized spacial score (nSPS) is 11.7. The largest absolute Gasteiger partial charge is 0.464 e. The molecule has 8 nitrogen and oxygen atoms in total. The maximum absolute atomic E-state index is 11.4. The maximum atomic E-state index is 11.4. The van der Waals surface area contributed by atoms with Gasteiger partial charge in [-0.2, -0.15) is 0 Å². The first kappa shape index (κ1) is 35.4. The second-order valence-corrected chi connectivity index (χ2v) is 13.4. The van der Waals surface area contributed by atoms with Crippen LogP contribution in [0.1, 0.15) is 97.0 Å². The van der Waals surface area contributed by atoms with E-state index in [1.807, 2.05) is 30.3 Å². The van der Waals surface area contributed by atoms with E-state index < -0.39 is 0 Å². The van der Waals surface area contributed by atoms with Gasteiger partial charge in [0.2, 0.25) is 5.13 Å². The summed E-state index contributed by atoms with van der Waals surface area (Å²) in [7, 11) is 0. The van der Waals surface area contributed by atoms with Crippen LogP contribution in [0.15, 0.2) is 75.1 Å². The third-order valence-electron chi connectivity index (χ3n) is 7.84. The SMILES string of the molecule is CCCCCCCCCCCCc1ccc(N=Nc2cc3sc(N=Nc4ccc(N(CC)CCOC(=O)CC)cc4)nc3s2)cc1. The number of thiazole rings is 1. The van der Waals surface area contributed by atoms with E-state index in [-0.39, 0.29) is 5.97 Å². The highest BCUT2D eigenvalue weighted by Gasteiger charge is 2.09. The number of carbonyl (C=O) groups is 1. The molecule has 0 unspecified atom stereocenters. The Bertz CT molecular complexity index is 1480. The molecule has 0 aliphatic rings. The molecule has 2 heterocycles. The van der Waals surface area contributed by atoms with E-state index in [1.54, 1.807) is 6.92 Å². The van der Waals surface area contributed by atoms with Gasteiger partial charge in [-0.25, -0.2) is 4.98 Å². The summed E-state index contributed by atoms with van der Waals surface area (Å²) in [6.07, 6.45) is 15.1. The fourth-order valence-electron chi connectivity index (χ4n) is 5.13. The zero-order valence-corrected chi connectivity index (χ0v) is 29.3. The molecular weight excluding hydrogens is 613 g/mol. The molecule has 2 aromatic heterocycles. The van der Waals surface area contributed by atoms with Gasteiger partial charge in [0.1, 0.15) is 16.4 Å². The van der Waals surface area contributed by atoms with Gasteiger partial charge in [-0.05, 0) is 67.8 Å². The zero-order chi connectivity index (χ0) is 32.4. The molecule has 0 aliphatic heterocycles. The Balaban J connectivity index is 1.19. The smallest absolute Gasteiger partial charge is 0.305 e. The van der Waals surface area contributed by atoms with Crippen molar-refractivity contribution in [2.75, 3.05) is 24.6 Å². The van der Waals surface area contributed by atoms with Crippen LogP contribution in [-0.2, 0) is 16.0 Å². The Morgan fingerprint density at radius 3 is 2.02 bits per heavy atom. The number of likely N-dealkylation sites (N-methyl/N-ethyl adjacent to an activating group) is 1. The quantitative estimate of drug-likeness (QED) is 0.0505. The van der Waals surface area contributed by atoms with Crippen molar-refractivity contribution in [3.8, 4) is 0 Å².